The molecule has 8 heteroatoms. The molecule has 1 aromatic rings. The summed E-state index contributed by atoms with van der Waals surface area (Å²) in [5.74, 6) is 1.25. The number of ether oxygens (including phenoxy) is 3. The number of thiophene rings is 1. The van der Waals surface area contributed by atoms with Crippen LogP contribution in [0.2, 0.25) is 0 Å². The summed E-state index contributed by atoms with van der Waals surface area (Å²) in [4.78, 5) is 0. The van der Waals surface area contributed by atoms with Crippen molar-refractivity contribution in [3.8, 4) is 11.5 Å². The van der Waals surface area contributed by atoms with Gasteiger partial charge in [-0.3, -0.25) is 4.55 Å². The van der Waals surface area contributed by atoms with E-state index in [2.05, 4.69) is 0 Å². The first kappa shape index (κ1) is 16.5. The van der Waals surface area contributed by atoms with Crippen LogP contribution in [0.5, 0.6) is 11.5 Å². The normalized spacial score (nSPS) is 17.7. The zero-order valence-corrected chi connectivity index (χ0v) is 13.7. The molecule has 1 N–H and O–H groups in total. The first-order valence-corrected chi connectivity index (χ1v) is 9.22. The average molecular weight is 336 g/mol. The van der Waals surface area contributed by atoms with Crippen LogP contribution < -0.4 is 9.47 Å². The number of rotatable bonds is 6. The molecular weight excluding hydrogens is 316 g/mol. The van der Waals surface area contributed by atoms with E-state index in [9.17, 15) is 13.0 Å². The summed E-state index contributed by atoms with van der Waals surface area (Å²) in [6.45, 7) is 4.47. The molecule has 1 aromatic heterocycles. The van der Waals surface area contributed by atoms with Crippen molar-refractivity contribution in [1.29, 1.82) is 0 Å². The van der Waals surface area contributed by atoms with Gasteiger partial charge in [0, 0.05) is 17.4 Å². The van der Waals surface area contributed by atoms with Crippen molar-refractivity contribution in [2.45, 2.75) is 31.6 Å². The molecule has 0 aromatic carbocycles. The van der Waals surface area contributed by atoms with Gasteiger partial charge in [-0.2, -0.15) is 8.42 Å². The fourth-order valence-electron chi connectivity index (χ4n) is 2.17. The second kappa shape index (κ2) is 6.95. The Bertz CT molecular complexity index is 528. The predicted molar refractivity (Wildman–Crippen MR) is 79.8 cm³/mol. The fourth-order valence-corrected chi connectivity index (χ4v) is 3.94. The molecule has 0 spiro atoms. The van der Waals surface area contributed by atoms with Crippen LogP contribution in [0.15, 0.2) is 10.8 Å². The number of hydrogen-bond donors (Lipinski definition) is 1. The third-order valence-corrected chi connectivity index (χ3v) is 5.57. The Balaban J connectivity index is 1.80. The van der Waals surface area contributed by atoms with E-state index in [0.717, 1.165) is 0 Å². The van der Waals surface area contributed by atoms with Crippen molar-refractivity contribution in [3.05, 3.63) is 10.8 Å². The third kappa shape index (κ3) is 4.57. The lowest BCUT2D eigenvalue weighted by atomic mass is 10.1. The molecule has 1 aliphatic heterocycles. The van der Waals surface area contributed by atoms with E-state index in [0.29, 0.717) is 24.7 Å². The molecule has 1 atom stereocenters. The van der Waals surface area contributed by atoms with Gasteiger partial charge in [0.15, 0.2) is 11.5 Å². The first-order valence-electron chi connectivity index (χ1n) is 6.77. The van der Waals surface area contributed by atoms with E-state index in [1.54, 1.807) is 13.8 Å². The van der Waals surface area contributed by atoms with Crippen molar-refractivity contribution in [2.24, 2.45) is 5.92 Å². The molecule has 6 nitrogen and oxygen atoms in total. The molecule has 0 saturated carbocycles. The minimum atomic E-state index is -4.05. The van der Waals surface area contributed by atoms with Crippen LogP contribution in [0.4, 0.5) is 0 Å². The highest BCUT2D eigenvalue weighted by atomic mass is 32.2. The zero-order chi connectivity index (χ0) is 15.5. The molecule has 2 heterocycles. The van der Waals surface area contributed by atoms with Gasteiger partial charge < -0.3 is 14.2 Å². The van der Waals surface area contributed by atoms with Crippen molar-refractivity contribution < 1.29 is 27.2 Å². The van der Waals surface area contributed by atoms with Gasteiger partial charge >= 0.3 is 0 Å². The van der Waals surface area contributed by atoms with Crippen LogP contribution in [0.25, 0.3) is 0 Å². The van der Waals surface area contributed by atoms with Crippen molar-refractivity contribution in [1.82, 2.24) is 0 Å². The molecule has 2 rings (SSSR count). The average Bonchev–Trinajstić information content (AvgIpc) is 2.74. The first-order chi connectivity index (χ1) is 9.88. The quantitative estimate of drug-likeness (QED) is 0.802. The van der Waals surface area contributed by atoms with Crippen LogP contribution in [0, 0.1) is 5.92 Å². The third-order valence-electron chi connectivity index (χ3n) is 3.32. The van der Waals surface area contributed by atoms with E-state index < -0.39 is 15.4 Å². The monoisotopic (exact) mass is 336 g/mol. The van der Waals surface area contributed by atoms with Gasteiger partial charge in [0.2, 0.25) is 0 Å². The molecule has 0 aliphatic carbocycles. The molecule has 0 fully saturated rings. The van der Waals surface area contributed by atoms with Crippen LogP contribution >= 0.6 is 11.3 Å². The van der Waals surface area contributed by atoms with Crippen molar-refractivity contribution in [3.63, 3.8) is 0 Å². The highest BCUT2D eigenvalue weighted by molar-refractivity contribution is 7.86. The molecule has 0 amide bonds. The Labute approximate surface area is 128 Å². The van der Waals surface area contributed by atoms with E-state index in [1.165, 1.54) is 11.3 Å². The van der Waals surface area contributed by atoms with Crippen LogP contribution in [0.1, 0.15) is 20.3 Å². The van der Waals surface area contributed by atoms with E-state index >= 15 is 0 Å². The Morgan fingerprint density at radius 1 is 1.33 bits per heavy atom. The lowest BCUT2D eigenvalue weighted by Crippen LogP contribution is -2.31. The van der Waals surface area contributed by atoms with E-state index in [-0.39, 0.29) is 25.0 Å². The molecule has 1 unspecified atom stereocenters. The summed E-state index contributed by atoms with van der Waals surface area (Å²) in [5, 5.41) is 2.92. The highest BCUT2D eigenvalue weighted by Crippen LogP contribution is 2.33. The van der Waals surface area contributed by atoms with Gasteiger partial charge in [-0.15, -0.1) is 11.3 Å². The van der Waals surface area contributed by atoms with Crippen molar-refractivity contribution >= 4 is 21.5 Å². The smallest absolute Gasteiger partial charge is 0.268 e. The highest BCUT2D eigenvalue weighted by Gasteiger charge is 2.27. The molecule has 0 bridgehead atoms. The minimum absolute atomic E-state index is 0.170. The second-order valence-corrected chi connectivity index (χ2v) is 7.68. The lowest BCUT2D eigenvalue weighted by molar-refractivity contribution is 0.000545. The number of fused-ring (bicyclic) bond motifs is 1. The largest absolute Gasteiger partial charge is 0.486 e. The fraction of sp³-hybridized carbons (Fsp3) is 0.692. The van der Waals surface area contributed by atoms with Gasteiger partial charge in [-0.05, 0) is 12.3 Å². The molecule has 21 heavy (non-hydrogen) atoms. The second-order valence-electron chi connectivity index (χ2n) is 5.30. The van der Waals surface area contributed by atoms with E-state index in [4.69, 9.17) is 14.2 Å². The van der Waals surface area contributed by atoms with Gasteiger partial charge in [-0.1, -0.05) is 13.8 Å². The van der Waals surface area contributed by atoms with Gasteiger partial charge in [-0.25, -0.2) is 0 Å². The number of hydrogen-bond acceptors (Lipinski definition) is 6. The summed E-state index contributed by atoms with van der Waals surface area (Å²) in [5.41, 5.74) is 0. The summed E-state index contributed by atoms with van der Waals surface area (Å²) in [6, 6.07) is 0. The summed E-state index contributed by atoms with van der Waals surface area (Å²) in [7, 11) is -4.05. The zero-order valence-electron chi connectivity index (χ0n) is 12.0. The van der Waals surface area contributed by atoms with Gasteiger partial charge in [0.25, 0.3) is 10.1 Å². The maximum Gasteiger partial charge on any atom is 0.268 e. The molecule has 0 radical (unpaired) electrons. The molecule has 1 aliphatic rings. The SMILES string of the molecule is CC(C)C(CCOC1COc2cscc2OC1)S(=O)(=O)O. The molecule has 120 valence electrons. The van der Waals surface area contributed by atoms with Crippen LogP contribution in [0.3, 0.4) is 0 Å². The summed E-state index contributed by atoms with van der Waals surface area (Å²) >= 11 is 1.51. The van der Waals surface area contributed by atoms with Gasteiger partial charge in [0.1, 0.15) is 19.3 Å². The maximum absolute atomic E-state index is 11.3. The Hall–Kier alpha value is -0.830. The van der Waals surface area contributed by atoms with E-state index in [1.807, 2.05) is 10.8 Å². The summed E-state index contributed by atoms with van der Waals surface area (Å²) in [6.07, 6.45) is -0.00885. The Kier molecular flexibility index (Phi) is 5.48. The Morgan fingerprint density at radius 3 is 2.38 bits per heavy atom. The summed E-state index contributed by atoms with van der Waals surface area (Å²) < 4.78 is 48.5. The molecular formula is C13H20O6S2. The van der Waals surface area contributed by atoms with Gasteiger partial charge in [0.05, 0.1) is 5.25 Å². The minimum Gasteiger partial charge on any atom is -0.486 e. The molecule has 0 saturated heterocycles. The topological polar surface area (TPSA) is 82.1 Å². The lowest BCUT2D eigenvalue weighted by Gasteiger charge is -2.20. The van der Waals surface area contributed by atoms with Crippen LogP contribution in [-0.2, 0) is 14.9 Å². The predicted octanol–water partition coefficient (Wildman–Crippen LogP) is 2.21. The van der Waals surface area contributed by atoms with Crippen molar-refractivity contribution in [2.75, 3.05) is 19.8 Å². The maximum atomic E-state index is 11.3. The van der Waals surface area contributed by atoms with Crippen LogP contribution in [-0.4, -0.2) is 44.1 Å². The standard InChI is InChI=1S/C13H20O6S2/c1-9(2)13(21(14,15)16)3-4-17-10-5-18-11-7-20-8-12(11)19-6-10/h7-10,13H,3-6H2,1-2H3,(H,14,15,16). The Morgan fingerprint density at radius 2 is 1.90 bits per heavy atom.